The van der Waals surface area contributed by atoms with Crippen LogP contribution in [0.25, 0.3) is 10.9 Å². The van der Waals surface area contributed by atoms with Gasteiger partial charge in [0.1, 0.15) is 11.4 Å². The van der Waals surface area contributed by atoms with E-state index >= 15 is 0 Å². The number of aromatic amines is 2. The molecule has 2 aliphatic rings. The number of hydrogen-bond donors (Lipinski definition) is 3. The second-order valence-corrected chi connectivity index (χ2v) is 10.1. The van der Waals surface area contributed by atoms with Crippen LogP contribution in [0.2, 0.25) is 5.02 Å². The molecule has 1 saturated carbocycles. The maximum atomic E-state index is 13.7. The van der Waals surface area contributed by atoms with E-state index in [1.807, 2.05) is 12.1 Å². The topological polar surface area (TPSA) is 122 Å². The number of halogens is 1. The van der Waals surface area contributed by atoms with Crippen LogP contribution >= 0.6 is 11.6 Å². The van der Waals surface area contributed by atoms with E-state index in [0.717, 1.165) is 40.6 Å². The van der Waals surface area contributed by atoms with Crippen molar-refractivity contribution in [3.63, 3.8) is 0 Å². The van der Waals surface area contributed by atoms with Crippen LogP contribution in [0.15, 0.2) is 48.5 Å². The average Bonchev–Trinajstić information content (AvgIpc) is 3.41. The number of rotatable bonds is 5. The fraction of sp³-hybridized carbons (Fsp3) is 0.259. The van der Waals surface area contributed by atoms with Crippen LogP contribution in [0.5, 0.6) is 0 Å². The van der Waals surface area contributed by atoms with Gasteiger partial charge in [0.05, 0.1) is 23.3 Å². The van der Waals surface area contributed by atoms with Crippen LogP contribution in [0.4, 0.5) is 0 Å². The molecule has 0 saturated heterocycles. The minimum absolute atomic E-state index is 0.164. The predicted molar refractivity (Wildman–Crippen MR) is 137 cm³/mol. The van der Waals surface area contributed by atoms with Gasteiger partial charge in [-0.3, -0.25) is 14.7 Å². The Morgan fingerprint density at radius 1 is 1.14 bits per heavy atom. The molecule has 37 heavy (non-hydrogen) atoms. The van der Waals surface area contributed by atoms with Gasteiger partial charge in [-0.25, -0.2) is 4.79 Å². The zero-order valence-corrected chi connectivity index (χ0v) is 20.8. The molecule has 0 radical (unpaired) electrons. The van der Waals surface area contributed by atoms with Gasteiger partial charge < -0.3 is 19.9 Å². The lowest BCUT2D eigenvalue weighted by atomic mass is 10.00. The Morgan fingerprint density at radius 2 is 1.89 bits per heavy atom. The molecular formula is C27H24ClN5O4. The Balaban J connectivity index is 1.24. The number of carbonyl (C=O) groups excluding carboxylic acids is 2. The number of carboxylic acid groups (broad SMARTS) is 1. The van der Waals surface area contributed by atoms with E-state index in [-0.39, 0.29) is 23.9 Å². The highest BCUT2D eigenvalue weighted by atomic mass is 35.5. The summed E-state index contributed by atoms with van der Waals surface area (Å²) in [5.41, 5.74) is 3.75. The van der Waals surface area contributed by atoms with Crippen molar-refractivity contribution in [2.45, 2.75) is 31.3 Å². The first-order valence-electron chi connectivity index (χ1n) is 12.0. The second kappa shape index (κ2) is 8.48. The Labute approximate surface area is 217 Å². The van der Waals surface area contributed by atoms with E-state index in [1.54, 1.807) is 53.2 Å². The zero-order valence-electron chi connectivity index (χ0n) is 20.0. The van der Waals surface area contributed by atoms with Crippen molar-refractivity contribution in [1.29, 1.82) is 0 Å². The average molecular weight is 518 g/mol. The van der Waals surface area contributed by atoms with E-state index in [4.69, 9.17) is 11.6 Å². The van der Waals surface area contributed by atoms with Crippen LogP contribution < -0.4 is 0 Å². The fourth-order valence-electron chi connectivity index (χ4n) is 5.27. The Morgan fingerprint density at radius 3 is 2.57 bits per heavy atom. The van der Waals surface area contributed by atoms with Crippen molar-refractivity contribution in [2.24, 2.45) is 0 Å². The lowest BCUT2D eigenvalue weighted by Crippen LogP contribution is -2.39. The first kappa shape index (κ1) is 23.3. The molecule has 1 fully saturated rings. The van der Waals surface area contributed by atoms with Crippen LogP contribution in [0.3, 0.4) is 0 Å². The summed E-state index contributed by atoms with van der Waals surface area (Å²) in [4.78, 5) is 44.8. The molecule has 10 heteroatoms. The molecule has 6 rings (SSSR count). The summed E-state index contributed by atoms with van der Waals surface area (Å²) in [5, 5.41) is 17.9. The maximum absolute atomic E-state index is 13.7. The number of carboxylic acids is 1. The van der Waals surface area contributed by atoms with E-state index in [9.17, 15) is 19.5 Å². The van der Waals surface area contributed by atoms with Crippen LogP contribution in [-0.2, 0) is 18.5 Å². The third-order valence-electron chi connectivity index (χ3n) is 7.60. The number of benzene rings is 2. The quantitative estimate of drug-likeness (QED) is 0.366. The van der Waals surface area contributed by atoms with Gasteiger partial charge in [0, 0.05) is 41.5 Å². The molecule has 0 unspecified atom stereocenters. The molecule has 1 aliphatic carbocycles. The summed E-state index contributed by atoms with van der Waals surface area (Å²) in [6, 6.07) is 13.9. The molecule has 2 aromatic heterocycles. The third kappa shape index (κ3) is 3.77. The monoisotopic (exact) mass is 517 g/mol. The van der Waals surface area contributed by atoms with Gasteiger partial charge in [-0.1, -0.05) is 29.8 Å². The van der Waals surface area contributed by atoms with Gasteiger partial charge in [-0.2, -0.15) is 5.10 Å². The Hall–Kier alpha value is -4.11. The molecule has 0 bridgehead atoms. The smallest absolute Gasteiger partial charge is 0.335 e. The highest BCUT2D eigenvalue weighted by molar-refractivity contribution is 6.35. The van der Waals surface area contributed by atoms with Crippen molar-refractivity contribution >= 4 is 40.3 Å². The molecule has 2 aromatic carbocycles. The largest absolute Gasteiger partial charge is 0.478 e. The minimum Gasteiger partial charge on any atom is -0.478 e. The van der Waals surface area contributed by atoms with E-state index in [1.165, 1.54) is 0 Å². The molecule has 4 aromatic rings. The highest BCUT2D eigenvalue weighted by Crippen LogP contribution is 2.51. The number of hydrogen-bond acceptors (Lipinski definition) is 4. The molecule has 2 amide bonds. The number of aromatic nitrogens is 3. The molecular weight excluding hydrogens is 494 g/mol. The number of amides is 2. The number of fused-ring (bicyclic) bond motifs is 2. The van der Waals surface area contributed by atoms with Crippen molar-refractivity contribution in [1.82, 2.24) is 25.0 Å². The fourth-order valence-corrected chi connectivity index (χ4v) is 5.49. The van der Waals surface area contributed by atoms with E-state index < -0.39 is 11.5 Å². The number of carbonyl (C=O) groups is 3. The van der Waals surface area contributed by atoms with Crippen molar-refractivity contribution in [2.75, 3.05) is 13.6 Å². The van der Waals surface area contributed by atoms with Gasteiger partial charge in [0.15, 0.2) is 0 Å². The van der Waals surface area contributed by atoms with Gasteiger partial charge in [-0.05, 0) is 48.7 Å². The van der Waals surface area contributed by atoms with Crippen molar-refractivity contribution in [3.8, 4) is 0 Å². The van der Waals surface area contributed by atoms with Crippen LogP contribution in [0, 0.1) is 0 Å². The summed E-state index contributed by atoms with van der Waals surface area (Å²) in [5.74, 6) is -1.36. The molecule has 1 aliphatic heterocycles. The molecule has 3 heterocycles. The molecule has 9 nitrogen and oxygen atoms in total. The van der Waals surface area contributed by atoms with Gasteiger partial charge >= 0.3 is 5.97 Å². The third-order valence-corrected chi connectivity index (χ3v) is 7.93. The van der Waals surface area contributed by atoms with Gasteiger partial charge in [-0.15, -0.1) is 0 Å². The predicted octanol–water partition coefficient (Wildman–Crippen LogP) is 4.20. The Bertz CT molecular complexity index is 1570. The van der Waals surface area contributed by atoms with E-state index in [2.05, 4.69) is 15.2 Å². The maximum Gasteiger partial charge on any atom is 0.335 e. The zero-order chi connectivity index (χ0) is 25.9. The number of aromatic carboxylic acids is 1. The lowest BCUT2D eigenvalue weighted by Gasteiger charge is -2.30. The Kier molecular flexibility index (Phi) is 5.34. The summed E-state index contributed by atoms with van der Waals surface area (Å²) >= 11 is 6.28. The second-order valence-electron chi connectivity index (χ2n) is 9.66. The molecule has 0 atom stereocenters. The summed E-state index contributed by atoms with van der Waals surface area (Å²) in [6.45, 7) is 0.756. The number of H-pyrrole nitrogens is 2. The standard InChI is InChI=1S/C27H24ClN5O4/c1-32(27(10-11-27)16-7-5-15(6-8-16)26(36)37)25(35)23-18-14-33(12-9-21(18)30-31-23)24(34)22-13-17-19(28)3-2-4-20(17)29-22/h2-8,13,29H,9-12,14H2,1H3,(H,30,31)(H,36,37). The van der Waals surface area contributed by atoms with Crippen molar-refractivity contribution in [3.05, 3.63) is 87.3 Å². The van der Waals surface area contributed by atoms with E-state index in [0.29, 0.717) is 29.4 Å². The lowest BCUT2D eigenvalue weighted by molar-refractivity contribution is 0.0678. The molecule has 0 spiro atoms. The number of nitrogens with zero attached hydrogens (tertiary/aromatic N) is 3. The normalized spacial score (nSPS) is 15.9. The SMILES string of the molecule is CN(C(=O)c1[nH]nc2c1CN(C(=O)c1cc3c(Cl)cccc3[nH]1)CC2)C1(c2ccc(C(=O)O)cc2)CC1. The van der Waals surface area contributed by atoms with Crippen LogP contribution in [-0.4, -0.2) is 61.5 Å². The summed E-state index contributed by atoms with van der Waals surface area (Å²) in [6.07, 6.45) is 2.11. The molecule has 3 N–H and O–H groups in total. The van der Waals surface area contributed by atoms with Crippen molar-refractivity contribution < 1.29 is 19.5 Å². The number of nitrogens with one attached hydrogen (secondary N) is 2. The van der Waals surface area contributed by atoms with Gasteiger partial charge in [0.25, 0.3) is 11.8 Å². The minimum atomic E-state index is -0.987. The summed E-state index contributed by atoms with van der Waals surface area (Å²) < 4.78 is 0. The summed E-state index contributed by atoms with van der Waals surface area (Å²) in [7, 11) is 1.76. The highest BCUT2D eigenvalue weighted by Gasteiger charge is 2.50. The van der Waals surface area contributed by atoms with Gasteiger partial charge in [0.2, 0.25) is 0 Å². The molecule has 188 valence electrons. The first-order chi connectivity index (χ1) is 17.8. The van der Waals surface area contributed by atoms with Crippen LogP contribution in [0.1, 0.15) is 61.0 Å². The first-order valence-corrected chi connectivity index (χ1v) is 12.4.